The second kappa shape index (κ2) is 15.8. The average Bonchev–Trinajstić information content (AvgIpc) is 4.01. The zero-order valence-electron chi connectivity index (χ0n) is 32.6. The molecule has 0 saturated carbocycles. The van der Waals surface area contributed by atoms with E-state index in [-0.39, 0.29) is 67.2 Å². The molecule has 2 amide bonds. The number of carbonyl (C=O) groups is 2. The van der Waals surface area contributed by atoms with E-state index in [9.17, 15) is 24.6 Å². The van der Waals surface area contributed by atoms with E-state index < -0.39 is 17.6 Å². The number of β-amino-alcohol motifs (C(OH)–C–C–N with tert-alkyl or cyclic N) is 1. The number of rotatable bonds is 13. The van der Waals surface area contributed by atoms with Crippen molar-refractivity contribution in [2.24, 2.45) is 5.92 Å². The molecular formula is C41H45N9O7S. The van der Waals surface area contributed by atoms with Crippen molar-refractivity contribution in [2.45, 2.75) is 64.3 Å². The summed E-state index contributed by atoms with van der Waals surface area (Å²) in [6.45, 7) is 9.87. The summed E-state index contributed by atoms with van der Waals surface area (Å²) >= 11 is 1.58. The van der Waals surface area contributed by atoms with Gasteiger partial charge >= 0.3 is 5.69 Å². The Bertz CT molecular complexity index is 2500. The molecule has 4 aromatic heterocycles. The molecule has 0 bridgehead atoms. The second-order valence-corrected chi connectivity index (χ2v) is 16.3. The van der Waals surface area contributed by atoms with Crippen LogP contribution in [0.1, 0.15) is 50.3 Å². The maximum atomic E-state index is 14.4. The minimum atomic E-state index is -1.21. The SMILES string of the molecule is Cc1ncsc1-c1ccc(CNC(=O)[C@@H]2C[C@@H](O)CN2C(=O)[C@](C)(c2cc(OCCN3CC(n4c(=O)[nH]c5nnc(-c6ccccc6O)cc54)C3)no2)C(C)C)cc1. The normalized spacial score (nSPS) is 18.4. The standard InChI is InChI=1S/C41H45N9O7S/c1-23(2)41(4,39(54)49-21-28(51)15-32(49)38(53)42-18-25-9-11-26(12-10-25)36-24(3)43-22-58-36)34-17-35(47-57-34)56-14-13-48-19-27(20-48)50-31-16-30(29-7-5-6-8-33(29)52)45-46-37(31)44-40(50)55/h5-12,16-17,22-23,27-28,32,51-52H,13-15,18-21H2,1-4H3,(H,42,53)(H,44,46,55)/t28-,32+,41+/m1/s1. The lowest BCUT2D eigenvalue weighted by atomic mass is 9.75. The van der Waals surface area contributed by atoms with Crippen LogP contribution in [0.25, 0.3) is 32.9 Å². The largest absolute Gasteiger partial charge is 0.507 e. The minimum Gasteiger partial charge on any atom is -0.507 e. The molecule has 16 nitrogen and oxygen atoms in total. The second-order valence-electron chi connectivity index (χ2n) is 15.5. The van der Waals surface area contributed by atoms with Gasteiger partial charge in [-0.1, -0.05) is 50.2 Å². The number of thiazole rings is 1. The summed E-state index contributed by atoms with van der Waals surface area (Å²) in [4.78, 5) is 52.6. The lowest BCUT2D eigenvalue weighted by molar-refractivity contribution is -0.145. The topological polar surface area (TPSA) is 205 Å². The number of para-hydroxylation sites is 1. The highest BCUT2D eigenvalue weighted by molar-refractivity contribution is 7.13. The molecule has 0 spiro atoms. The number of phenols is 1. The van der Waals surface area contributed by atoms with Crippen molar-refractivity contribution < 1.29 is 29.1 Å². The molecule has 3 atom stereocenters. The molecule has 6 aromatic rings. The lowest BCUT2D eigenvalue weighted by Gasteiger charge is -2.39. The summed E-state index contributed by atoms with van der Waals surface area (Å²) in [6, 6.07) is 17.2. The summed E-state index contributed by atoms with van der Waals surface area (Å²) in [5.41, 5.74) is 5.24. The van der Waals surface area contributed by atoms with Crippen LogP contribution in [0.3, 0.4) is 0 Å². The van der Waals surface area contributed by atoms with Crippen LogP contribution >= 0.6 is 11.3 Å². The van der Waals surface area contributed by atoms with Gasteiger partial charge in [-0.15, -0.1) is 21.5 Å². The fourth-order valence-electron chi connectivity index (χ4n) is 7.73. The van der Waals surface area contributed by atoms with Crippen LogP contribution in [0, 0.1) is 12.8 Å². The Balaban J connectivity index is 0.868. The maximum absolute atomic E-state index is 14.4. The number of hydrogen-bond donors (Lipinski definition) is 4. The molecule has 17 heteroatoms. The number of fused-ring (bicyclic) bond motifs is 1. The summed E-state index contributed by atoms with van der Waals surface area (Å²) in [7, 11) is 0. The van der Waals surface area contributed by atoms with Crippen LogP contribution in [0.5, 0.6) is 11.6 Å². The predicted molar refractivity (Wildman–Crippen MR) is 215 cm³/mol. The van der Waals surface area contributed by atoms with Crippen molar-refractivity contribution in [3.8, 4) is 33.3 Å². The number of H-pyrrole nitrogens is 1. The molecule has 4 N–H and O–H groups in total. The molecule has 8 rings (SSSR count). The van der Waals surface area contributed by atoms with Gasteiger partial charge in [0.05, 0.1) is 39.4 Å². The van der Waals surface area contributed by atoms with Crippen LogP contribution in [0.2, 0.25) is 0 Å². The predicted octanol–water partition coefficient (Wildman–Crippen LogP) is 4.04. The number of nitrogens with one attached hydrogen (secondary N) is 2. The van der Waals surface area contributed by atoms with Crippen molar-refractivity contribution in [3.63, 3.8) is 0 Å². The number of nitrogens with zero attached hydrogens (tertiary/aromatic N) is 7. The zero-order chi connectivity index (χ0) is 40.7. The Morgan fingerprint density at radius 2 is 1.88 bits per heavy atom. The van der Waals surface area contributed by atoms with E-state index in [1.165, 1.54) is 4.90 Å². The van der Waals surface area contributed by atoms with E-state index in [1.54, 1.807) is 59.2 Å². The summed E-state index contributed by atoms with van der Waals surface area (Å²) in [6.07, 6.45) is -0.725. The molecule has 2 saturated heterocycles. The molecule has 0 radical (unpaired) electrons. The first kappa shape index (κ1) is 38.9. The van der Waals surface area contributed by atoms with E-state index in [0.29, 0.717) is 47.8 Å². The van der Waals surface area contributed by atoms with Crippen molar-refractivity contribution >= 4 is 34.3 Å². The fourth-order valence-corrected chi connectivity index (χ4v) is 8.54. The van der Waals surface area contributed by atoms with Gasteiger partial charge in [0, 0.05) is 50.8 Å². The highest BCUT2D eigenvalue weighted by atomic mass is 32.1. The number of amides is 2. The number of aromatic hydroxyl groups is 1. The highest BCUT2D eigenvalue weighted by Crippen LogP contribution is 2.38. The van der Waals surface area contributed by atoms with Gasteiger partial charge in [-0.2, -0.15) is 0 Å². The van der Waals surface area contributed by atoms with Crippen LogP contribution in [-0.2, 0) is 21.5 Å². The molecule has 2 fully saturated rings. The number of imidazole rings is 1. The van der Waals surface area contributed by atoms with E-state index in [2.05, 4.69) is 35.5 Å². The minimum absolute atomic E-state index is 0.0201. The summed E-state index contributed by atoms with van der Waals surface area (Å²) < 4.78 is 13.4. The van der Waals surface area contributed by atoms with Crippen molar-refractivity contribution in [3.05, 3.63) is 93.7 Å². The first-order valence-corrected chi connectivity index (χ1v) is 20.1. The number of aromatic amines is 1. The van der Waals surface area contributed by atoms with Crippen LogP contribution in [0.15, 0.2) is 75.5 Å². The smallest absolute Gasteiger partial charge is 0.328 e. The maximum Gasteiger partial charge on any atom is 0.328 e. The van der Waals surface area contributed by atoms with E-state index in [4.69, 9.17) is 9.26 Å². The monoisotopic (exact) mass is 807 g/mol. The number of aryl methyl sites for hydroxylation is 1. The number of carbonyl (C=O) groups excluding carboxylic acids is 2. The van der Waals surface area contributed by atoms with Gasteiger partial charge in [0.25, 0.3) is 5.88 Å². The Labute approximate surface area is 337 Å². The van der Waals surface area contributed by atoms with Crippen LogP contribution in [-0.4, -0.2) is 107 Å². The van der Waals surface area contributed by atoms with Gasteiger partial charge in [-0.25, -0.2) is 9.78 Å². The number of aromatic nitrogens is 6. The average molecular weight is 808 g/mol. The molecule has 58 heavy (non-hydrogen) atoms. The van der Waals surface area contributed by atoms with Crippen molar-refractivity contribution in [1.82, 2.24) is 45.0 Å². The van der Waals surface area contributed by atoms with Gasteiger partial charge in [0.1, 0.15) is 23.8 Å². The Hall–Kier alpha value is -5.91. The van der Waals surface area contributed by atoms with Crippen molar-refractivity contribution in [1.29, 1.82) is 0 Å². The number of aliphatic hydroxyl groups excluding tert-OH is 1. The highest BCUT2D eigenvalue weighted by Gasteiger charge is 2.50. The number of ether oxygens (including phenoxy) is 1. The third kappa shape index (κ3) is 7.36. The van der Waals surface area contributed by atoms with Crippen LogP contribution < -0.4 is 15.7 Å². The van der Waals surface area contributed by atoms with Gasteiger partial charge in [0.15, 0.2) is 11.4 Å². The van der Waals surface area contributed by atoms with Gasteiger partial charge in [-0.3, -0.25) is 24.0 Å². The molecular weight excluding hydrogens is 763 g/mol. The first-order chi connectivity index (χ1) is 27.9. The Kier molecular flexibility index (Phi) is 10.6. The third-order valence-electron chi connectivity index (χ3n) is 11.5. The fraction of sp³-hybridized carbons (Fsp3) is 0.390. The van der Waals surface area contributed by atoms with Gasteiger partial charge < -0.3 is 29.7 Å². The van der Waals surface area contributed by atoms with Crippen LogP contribution in [0.4, 0.5) is 0 Å². The lowest BCUT2D eigenvalue weighted by Crippen LogP contribution is -2.53. The summed E-state index contributed by atoms with van der Waals surface area (Å²) in [5.74, 6) is -0.338. The molecule has 0 unspecified atom stereocenters. The van der Waals surface area contributed by atoms with Gasteiger partial charge in [-0.05, 0) is 54.2 Å². The molecule has 302 valence electrons. The summed E-state index contributed by atoms with van der Waals surface area (Å²) in [5, 5.41) is 36.4. The molecule has 6 heterocycles. The number of aliphatic hydroxyl groups is 1. The Morgan fingerprint density at radius 3 is 2.60 bits per heavy atom. The van der Waals surface area contributed by atoms with E-state index in [1.807, 2.05) is 50.5 Å². The van der Waals surface area contributed by atoms with E-state index in [0.717, 1.165) is 21.7 Å². The number of likely N-dealkylation sites (tertiary alicyclic amines) is 2. The quantitative estimate of drug-likeness (QED) is 0.131. The molecule has 2 aromatic carbocycles. The number of phenolic OH excluding ortho intramolecular Hbond substituents is 1. The van der Waals surface area contributed by atoms with Crippen molar-refractivity contribution in [2.75, 3.05) is 32.8 Å². The Morgan fingerprint density at radius 1 is 1.10 bits per heavy atom. The molecule has 2 aliphatic rings. The zero-order valence-corrected chi connectivity index (χ0v) is 33.4. The third-order valence-corrected chi connectivity index (χ3v) is 12.5. The number of benzene rings is 2. The molecule has 2 aliphatic heterocycles. The number of hydrogen-bond acceptors (Lipinski definition) is 13. The molecule has 0 aliphatic carbocycles. The van der Waals surface area contributed by atoms with E-state index >= 15 is 0 Å². The first-order valence-electron chi connectivity index (χ1n) is 19.3. The van der Waals surface area contributed by atoms with Gasteiger partial charge in [0.2, 0.25) is 11.8 Å².